The summed E-state index contributed by atoms with van der Waals surface area (Å²) in [6.07, 6.45) is 0.683. The second kappa shape index (κ2) is 9.26. The van der Waals surface area contributed by atoms with Crippen LogP contribution in [0.5, 0.6) is 0 Å². The standard InChI is InChI=1S/C23H36N2O4/c1-16(2)20(24-19(26)11-14-29-6)21(27)25-13-12-23(28,22(4,5)15-25)18-9-7-17(3)8-10-18/h7-10,16,20,28H,11-15H2,1-6H3,(H,24,26)/t20-,23+/m1/s1. The van der Waals surface area contributed by atoms with Gasteiger partial charge < -0.3 is 20.1 Å². The maximum atomic E-state index is 13.2. The molecule has 1 aromatic rings. The lowest BCUT2D eigenvalue weighted by Gasteiger charge is -2.51. The third kappa shape index (κ3) is 5.17. The van der Waals surface area contributed by atoms with E-state index in [-0.39, 0.29) is 24.2 Å². The van der Waals surface area contributed by atoms with Gasteiger partial charge in [0.05, 0.1) is 12.2 Å². The molecule has 1 saturated heterocycles. The van der Waals surface area contributed by atoms with Crippen LogP contribution in [0, 0.1) is 18.3 Å². The molecule has 2 amide bonds. The van der Waals surface area contributed by atoms with E-state index in [1.165, 1.54) is 0 Å². The average Bonchev–Trinajstić information content (AvgIpc) is 2.66. The number of aliphatic hydroxyl groups is 1. The molecule has 2 rings (SSSR count). The van der Waals surface area contributed by atoms with Crippen molar-refractivity contribution in [2.45, 2.75) is 59.1 Å². The largest absolute Gasteiger partial charge is 0.384 e. The summed E-state index contributed by atoms with van der Waals surface area (Å²) in [5.41, 5.74) is 0.491. The van der Waals surface area contributed by atoms with Gasteiger partial charge >= 0.3 is 0 Å². The van der Waals surface area contributed by atoms with Crippen LogP contribution in [-0.2, 0) is 19.9 Å². The van der Waals surface area contributed by atoms with Gasteiger partial charge in [0.25, 0.3) is 0 Å². The van der Waals surface area contributed by atoms with Crippen molar-refractivity contribution in [1.29, 1.82) is 0 Å². The number of hydrogen-bond acceptors (Lipinski definition) is 4. The zero-order chi connectivity index (χ0) is 21.8. The summed E-state index contributed by atoms with van der Waals surface area (Å²) in [4.78, 5) is 27.2. The van der Waals surface area contributed by atoms with Crippen molar-refractivity contribution < 1.29 is 19.4 Å². The number of carbonyl (C=O) groups is 2. The Morgan fingerprint density at radius 3 is 2.38 bits per heavy atom. The van der Waals surface area contributed by atoms with Crippen LogP contribution in [-0.4, -0.2) is 54.7 Å². The monoisotopic (exact) mass is 404 g/mol. The predicted octanol–water partition coefficient (Wildman–Crippen LogP) is 2.62. The first-order chi connectivity index (χ1) is 13.5. The number of hydrogen-bond donors (Lipinski definition) is 2. The van der Waals surface area contributed by atoms with Gasteiger partial charge in [-0.3, -0.25) is 9.59 Å². The van der Waals surface area contributed by atoms with Gasteiger partial charge in [-0.15, -0.1) is 0 Å². The lowest BCUT2D eigenvalue weighted by Crippen LogP contribution is -2.60. The molecule has 0 spiro atoms. The molecule has 0 saturated carbocycles. The van der Waals surface area contributed by atoms with Crippen molar-refractivity contribution in [3.8, 4) is 0 Å². The second-order valence-corrected chi connectivity index (χ2v) is 9.15. The number of likely N-dealkylation sites (tertiary alicyclic amines) is 1. The van der Waals surface area contributed by atoms with Crippen molar-refractivity contribution >= 4 is 11.8 Å². The molecular weight excluding hydrogens is 368 g/mol. The molecule has 0 radical (unpaired) electrons. The highest BCUT2D eigenvalue weighted by atomic mass is 16.5. The number of amides is 2. The van der Waals surface area contributed by atoms with E-state index in [0.29, 0.717) is 26.1 Å². The van der Waals surface area contributed by atoms with Gasteiger partial charge in [0.2, 0.25) is 11.8 Å². The third-order valence-corrected chi connectivity index (χ3v) is 6.07. The van der Waals surface area contributed by atoms with Gasteiger partial charge in [0.15, 0.2) is 0 Å². The number of ether oxygens (including phenoxy) is 1. The topological polar surface area (TPSA) is 78.9 Å². The van der Waals surface area contributed by atoms with Crippen LogP contribution in [0.1, 0.15) is 51.7 Å². The molecule has 2 atom stereocenters. The number of piperidine rings is 1. The van der Waals surface area contributed by atoms with Gasteiger partial charge in [0, 0.05) is 32.0 Å². The summed E-state index contributed by atoms with van der Waals surface area (Å²) in [5.74, 6) is -0.314. The molecule has 2 N–H and O–H groups in total. The molecule has 0 aliphatic carbocycles. The van der Waals surface area contributed by atoms with Crippen molar-refractivity contribution in [2.24, 2.45) is 11.3 Å². The minimum Gasteiger partial charge on any atom is -0.384 e. The van der Waals surface area contributed by atoms with Gasteiger partial charge in [-0.25, -0.2) is 0 Å². The van der Waals surface area contributed by atoms with Gasteiger partial charge in [-0.2, -0.15) is 0 Å². The molecule has 0 bridgehead atoms. The first-order valence-corrected chi connectivity index (χ1v) is 10.4. The SMILES string of the molecule is COCCC(=O)N[C@@H](C(=O)N1CC[C@](O)(c2ccc(C)cc2)C(C)(C)C1)C(C)C. The Morgan fingerprint density at radius 1 is 1.24 bits per heavy atom. The van der Waals surface area contributed by atoms with Crippen molar-refractivity contribution in [3.63, 3.8) is 0 Å². The molecule has 1 aliphatic rings. The molecule has 6 heteroatoms. The molecule has 1 heterocycles. The van der Waals surface area contributed by atoms with E-state index >= 15 is 0 Å². The van der Waals surface area contributed by atoms with Crippen LogP contribution in [0.15, 0.2) is 24.3 Å². The van der Waals surface area contributed by atoms with Gasteiger partial charge in [-0.05, 0) is 24.8 Å². The minimum atomic E-state index is -1.01. The van der Waals surface area contributed by atoms with Crippen molar-refractivity contribution in [1.82, 2.24) is 10.2 Å². The first kappa shape index (κ1) is 23.4. The number of nitrogens with one attached hydrogen (secondary N) is 1. The fraction of sp³-hybridized carbons (Fsp3) is 0.652. The van der Waals surface area contributed by atoms with E-state index in [1.54, 1.807) is 12.0 Å². The van der Waals surface area contributed by atoms with E-state index in [1.807, 2.05) is 58.9 Å². The molecule has 29 heavy (non-hydrogen) atoms. The number of nitrogens with zero attached hydrogens (tertiary/aromatic N) is 1. The maximum Gasteiger partial charge on any atom is 0.245 e. The van der Waals surface area contributed by atoms with Crippen LogP contribution >= 0.6 is 0 Å². The van der Waals surface area contributed by atoms with Gasteiger partial charge in [0.1, 0.15) is 6.04 Å². The molecule has 1 fully saturated rings. The Morgan fingerprint density at radius 2 is 1.86 bits per heavy atom. The molecule has 0 aromatic heterocycles. The van der Waals surface area contributed by atoms with Crippen LogP contribution in [0.3, 0.4) is 0 Å². The fourth-order valence-corrected chi connectivity index (χ4v) is 4.03. The summed E-state index contributed by atoms with van der Waals surface area (Å²) in [6, 6.07) is 7.38. The highest BCUT2D eigenvalue weighted by molar-refractivity contribution is 5.88. The quantitative estimate of drug-likeness (QED) is 0.732. The normalized spacial score (nSPS) is 22.4. The number of methoxy groups -OCH3 is 1. The molecule has 1 aliphatic heterocycles. The average molecular weight is 405 g/mol. The summed E-state index contributed by atoms with van der Waals surface area (Å²) in [7, 11) is 1.55. The lowest BCUT2D eigenvalue weighted by atomic mass is 9.66. The Balaban J connectivity index is 2.15. The van der Waals surface area contributed by atoms with E-state index in [2.05, 4.69) is 5.32 Å². The lowest BCUT2D eigenvalue weighted by molar-refractivity contribution is -0.156. The van der Waals surface area contributed by atoms with Crippen LogP contribution in [0.25, 0.3) is 0 Å². The Kier molecular flexibility index (Phi) is 7.46. The molecular formula is C23H36N2O4. The fourth-order valence-electron chi connectivity index (χ4n) is 4.03. The van der Waals surface area contributed by atoms with Crippen molar-refractivity contribution in [3.05, 3.63) is 35.4 Å². The Labute approximate surface area is 174 Å². The van der Waals surface area contributed by atoms with Crippen molar-refractivity contribution in [2.75, 3.05) is 26.8 Å². The molecule has 6 nitrogen and oxygen atoms in total. The highest BCUT2D eigenvalue weighted by Crippen LogP contribution is 2.46. The van der Waals surface area contributed by atoms with Crippen LogP contribution in [0.4, 0.5) is 0 Å². The molecule has 1 aromatic carbocycles. The minimum absolute atomic E-state index is 0.0324. The third-order valence-electron chi connectivity index (χ3n) is 6.07. The Hall–Kier alpha value is -1.92. The summed E-state index contributed by atoms with van der Waals surface area (Å²) in [5, 5.41) is 14.4. The first-order valence-electron chi connectivity index (χ1n) is 10.4. The van der Waals surface area contributed by atoms with E-state index in [9.17, 15) is 14.7 Å². The summed E-state index contributed by atoms with van der Waals surface area (Å²) < 4.78 is 4.95. The smallest absolute Gasteiger partial charge is 0.245 e. The number of aryl methyl sites for hydroxylation is 1. The van der Waals surface area contributed by atoms with E-state index in [0.717, 1.165) is 11.1 Å². The van der Waals surface area contributed by atoms with Crippen LogP contribution < -0.4 is 5.32 Å². The summed E-state index contributed by atoms with van der Waals surface area (Å²) >= 11 is 0. The second-order valence-electron chi connectivity index (χ2n) is 9.15. The van der Waals surface area contributed by atoms with Gasteiger partial charge in [-0.1, -0.05) is 57.5 Å². The zero-order valence-corrected chi connectivity index (χ0v) is 18.6. The van der Waals surface area contributed by atoms with E-state index in [4.69, 9.17) is 4.74 Å². The van der Waals surface area contributed by atoms with Crippen LogP contribution in [0.2, 0.25) is 0 Å². The molecule has 0 unspecified atom stereocenters. The predicted molar refractivity (Wildman–Crippen MR) is 113 cm³/mol. The zero-order valence-electron chi connectivity index (χ0n) is 18.6. The maximum absolute atomic E-state index is 13.2. The molecule has 162 valence electrons. The number of benzene rings is 1. The van der Waals surface area contributed by atoms with E-state index < -0.39 is 17.1 Å². The number of rotatable bonds is 7. The Bertz CT molecular complexity index is 714. The summed E-state index contributed by atoms with van der Waals surface area (Å²) in [6.45, 7) is 11.1. The highest BCUT2D eigenvalue weighted by Gasteiger charge is 2.50. The number of carbonyl (C=O) groups excluding carboxylic acids is 2.